The standard InChI is InChI=1S/C14H28N2O3/c1-3-19-13(11-15)7-9-16-8-5-4-6-12(16)10-14(17)18-2/h12-13H,3-11,15H2,1-2H3. The molecule has 0 bridgehead atoms. The molecule has 2 N–H and O–H groups in total. The summed E-state index contributed by atoms with van der Waals surface area (Å²) in [6.45, 7) is 5.26. The van der Waals surface area contributed by atoms with E-state index in [-0.39, 0.29) is 12.1 Å². The van der Waals surface area contributed by atoms with Crippen molar-refractivity contribution in [1.29, 1.82) is 0 Å². The molecule has 2 unspecified atom stereocenters. The third-order valence-corrected chi connectivity index (χ3v) is 3.78. The van der Waals surface area contributed by atoms with Gasteiger partial charge in [0.25, 0.3) is 0 Å². The molecule has 1 fully saturated rings. The van der Waals surface area contributed by atoms with Gasteiger partial charge in [0, 0.05) is 25.7 Å². The number of carbonyl (C=O) groups excluding carboxylic acids is 1. The van der Waals surface area contributed by atoms with E-state index in [1.54, 1.807) is 0 Å². The maximum atomic E-state index is 11.4. The van der Waals surface area contributed by atoms with E-state index in [4.69, 9.17) is 15.2 Å². The number of esters is 1. The number of rotatable bonds is 8. The van der Waals surface area contributed by atoms with Crippen molar-refractivity contribution in [1.82, 2.24) is 4.90 Å². The minimum atomic E-state index is -0.114. The Labute approximate surface area is 116 Å². The van der Waals surface area contributed by atoms with E-state index in [0.717, 1.165) is 25.9 Å². The average Bonchev–Trinajstić information content (AvgIpc) is 2.44. The fourth-order valence-corrected chi connectivity index (χ4v) is 2.68. The third kappa shape index (κ3) is 5.89. The SMILES string of the molecule is CCOC(CN)CCN1CCCCC1CC(=O)OC. The van der Waals surface area contributed by atoms with E-state index < -0.39 is 0 Å². The summed E-state index contributed by atoms with van der Waals surface area (Å²) >= 11 is 0. The molecule has 0 aromatic carbocycles. The number of nitrogens with two attached hydrogens (primary N) is 1. The van der Waals surface area contributed by atoms with Gasteiger partial charge in [-0.3, -0.25) is 9.69 Å². The number of methoxy groups -OCH3 is 1. The van der Waals surface area contributed by atoms with E-state index in [9.17, 15) is 4.79 Å². The highest BCUT2D eigenvalue weighted by Crippen LogP contribution is 2.20. The van der Waals surface area contributed by atoms with Crippen LogP contribution in [0.25, 0.3) is 0 Å². The summed E-state index contributed by atoms with van der Waals surface area (Å²) in [5.74, 6) is -0.114. The van der Waals surface area contributed by atoms with Crippen molar-refractivity contribution >= 4 is 5.97 Å². The van der Waals surface area contributed by atoms with Crippen LogP contribution in [-0.4, -0.2) is 56.4 Å². The number of ether oxygens (including phenoxy) is 2. The van der Waals surface area contributed by atoms with Crippen molar-refractivity contribution in [3.05, 3.63) is 0 Å². The lowest BCUT2D eigenvalue weighted by molar-refractivity contribution is -0.142. The van der Waals surface area contributed by atoms with Crippen molar-refractivity contribution in [2.45, 2.75) is 51.2 Å². The molecule has 0 aliphatic carbocycles. The molecule has 0 spiro atoms. The van der Waals surface area contributed by atoms with Crippen molar-refractivity contribution < 1.29 is 14.3 Å². The van der Waals surface area contributed by atoms with Crippen LogP contribution in [0.4, 0.5) is 0 Å². The number of likely N-dealkylation sites (tertiary alicyclic amines) is 1. The van der Waals surface area contributed by atoms with Gasteiger partial charge in [-0.15, -0.1) is 0 Å². The van der Waals surface area contributed by atoms with Gasteiger partial charge < -0.3 is 15.2 Å². The number of nitrogens with zero attached hydrogens (tertiary/aromatic N) is 1. The topological polar surface area (TPSA) is 64.8 Å². The van der Waals surface area contributed by atoms with Crippen LogP contribution in [-0.2, 0) is 14.3 Å². The Bertz CT molecular complexity index is 261. The van der Waals surface area contributed by atoms with Crippen LogP contribution in [0.1, 0.15) is 39.0 Å². The van der Waals surface area contributed by atoms with Crippen LogP contribution in [0.3, 0.4) is 0 Å². The molecule has 0 aromatic heterocycles. The molecule has 19 heavy (non-hydrogen) atoms. The number of carbonyl (C=O) groups is 1. The number of piperidine rings is 1. The van der Waals surface area contributed by atoms with Crippen LogP contribution in [0.2, 0.25) is 0 Å². The fraction of sp³-hybridized carbons (Fsp3) is 0.929. The van der Waals surface area contributed by atoms with Gasteiger partial charge in [-0.05, 0) is 32.7 Å². The van der Waals surface area contributed by atoms with Crippen molar-refractivity contribution in [2.75, 3.05) is 33.4 Å². The lowest BCUT2D eigenvalue weighted by atomic mass is 9.99. The highest BCUT2D eigenvalue weighted by atomic mass is 16.5. The van der Waals surface area contributed by atoms with Gasteiger partial charge in [-0.2, -0.15) is 0 Å². The molecule has 0 saturated carbocycles. The summed E-state index contributed by atoms with van der Waals surface area (Å²) in [5.41, 5.74) is 5.69. The predicted molar refractivity (Wildman–Crippen MR) is 74.9 cm³/mol. The molecule has 1 aliphatic rings. The largest absolute Gasteiger partial charge is 0.469 e. The van der Waals surface area contributed by atoms with E-state index in [1.807, 2.05) is 6.92 Å². The summed E-state index contributed by atoms with van der Waals surface area (Å²) in [6, 6.07) is 0.321. The quantitative estimate of drug-likeness (QED) is 0.672. The molecule has 2 atom stereocenters. The summed E-state index contributed by atoms with van der Waals surface area (Å²) in [4.78, 5) is 13.8. The summed E-state index contributed by atoms with van der Waals surface area (Å²) in [7, 11) is 1.45. The summed E-state index contributed by atoms with van der Waals surface area (Å²) in [6.07, 6.45) is 5.05. The van der Waals surface area contributed by atoms with Gasteiger partial charge in [0.15, 0.2) is 0 Å². The molecule has 1 heterocycles. The molecule has 1 rings (SSSR count). The average molecular weight is 272 g/mol. The minimum Gasteiger partial charge on any atom is -0.469 e. The summed E-state index contributed by atoms with van der Waals surface area (Å²) in [5, 5.41) is 0. The first-order valence-electron chi connectivity index (χ1n) is 7.33. The van der Waals surface area contributed by atoms with E-state index in [2.05, 4.69) is 4.90 Å². The molecule has 0 aromatic rings. The zero-order chi connectivity index (χ0) is 14.1. The highest BCUT2D eigenvalue weighted by Gasteiger charge is 2.25. The second-order valence-electron chi connectivity index (χ2n) is 5.07. The zero-order valence-corrected chi connectivity index (χ0v) is 12.3. The lowest BCUT2D eigenvalue weighted by Crippen LogP contribution is -2.43. The lowest BCUT2D eigenvalue weighted by Gasteiger charge is -2.35. The van der Waals surface area contributed by atoms with Gasteiger partial charge in [0.1, 0.15) is 0 Å². The Kier molecular flexibility index (Phi) is 8.02. The smallest absolute Gasteiger partial charge is 0.307 e. The molecule has 112 valence electrons. The van der Waals surface area contributed by atoms with Crippen molar-refractivity contribution in [2.24, 2.45) is 5.73 Å². The highest BCUT2D eigenvalue weighted by molar-refractivity contribution is 5.69. The Hall–Kier alpha value is -0.650. The Morgan fingerprint density at radius 2 is 2.26 bits per heavy atom. The maximum Gasteiger partial charge on any atom is 0.307 e. The monoisotopic (exact) mass is 272 g/mol. The van der Waals surface area contributed by atoms with Crippen LogP contribution in [0.15, 0.2) is 0 Å². The molecule has 1 saturated heterocycles. The van der Waals surface area contributed by atoms with Crippen LogP contribution in [0, 0.1) is 0 Å². The summed E-state index contributed by atoms with van der Waals surface area (Å²) < 4.78 is 10.4. The molecule has 0 radical (unpaired) electrons. The van der Waals surface area contributed by atoms with Gasteiger partial charge in [-0.1, -0.05) is 6.42 Å². The van der Waals surface area contributed by atoms with Crippen LogP contribution >= 0.6 is 0 Å². The van der Waals surface area contributed by atoms with Crippen molar-refractivity contribution in [3.63, 3.8) is 0 Å². The van der Waals surface area contributed by atoms with Gasteiger partial charge in [0.05, 0.1) is 19.6 Å². The van der Waals surface area contributed by atoms with Crippen LogP contribution in [0.5, 0.6) is 0 Å². The van der Waals surface area contributed by atoms with Gasteiger partial charge in [0.2, 0.25) is 0 Å². The number of hydrogen-bond donors (Lipinski definition) is 1. The maximum absolute atomic E-state index is 11.4. The molecule has 1 aliphatic heterocycles. The van der Waals surface area contributed by atoms with Crippen LogP contribution < -0.4 is 5.73 Å². The van der Waals surface area contributed by atoms with E-state index >= 15 is 0 Å². The molecular formula is C14H28N2O3. The minimum absolute atomic E-state index is 0.114. The first-order chi connectivity index (χ1) is 9.21. The van der Waals surface area contributed by atoms with Crippen molar-refractivity contribution in [3.8, 4) is 0 Å². The number of hydrogen-bond acceptors (Lipinski definition) is 5. The molecule has 5 nitrogen and oxygen atoms in total. The third-order valence-electron chi connectivity index (χ3n) is 3.78. The second kappa shape index (κ2) is 9.28. The Morgan fingerprint density at radius 1 is 1.47 bits per heavy atom. The Balaban J connectivity index is 2.40. The second-order valence-corrected chi connectivity index (χ2v) is 5.07. The first kappa shape index (κ1) is 16.4. The van der Waals surface area contributed by atoms with E-state index in [0.29, 0.717) is 25.6 Å². The fourth-order valence-electron chi connectivity index (χ4n) is 2.68. The Morgan fingerprint density at radius 3 is 2.89 bits per heavy atom. The predicted octanol–water partition coefficient (Wildman–Crippen LogP) is 1.16. The normalized spacial score (nSPS) is 22.2. The zero-order valence-electron chi connectivity index (χ0n) is 12.3. The van der Waals surface area contributed by atoms with Gasteiger partial charge >= 0.3 is 5.97 Å². The first-order valence-corrected chi connectivity index (χ1v) is 7.33. The molecular weight excluding hydrogens is 244 g/mol. The molecule has 0 amide bonds. The molecule has 5 heteroatoms. The van der Waals surface area contributed by atoms with E-state index in [1.165, 1.54) is 20.0 Å². The van der Waals surface area contributed by atoms with Gasteiger partial charge in [-0.25, -0.2) is 0 Å².